The van der Waals surface area contributed by atoms with Gasteiger partial charge in [-0.3, -0.25) is 24.6 Å². The monoisotopic (exact) mass is 475 g/mol. The first kappa shape index (κ1) is 22.2. The molecule has 1 aromatic rings. The molecule has 8 heteroatoms. The summed E-state index contributed by atoms with van der Waals surface area (Å²) in [5, 5.41) is 7.08. The Morgan fingerprint density at radius 3 is 2.53 bits per heavy atom. The molecule has 172 valence electrons. The predicted octanol–water partition coefficient (Wildman–Crippen LogP) is 3.84. The van der Waals surface area contributed by atoms with Gasteiger partial charge in [0.1, 0.15) is 5.54 Å². The third kappa shape index (κ3) is 3.07. The van der Waals surface area contributed by atoms with Crippen molar-refractivity contribution < 1.29 is 14.4 Å². The summed E-state index contributed by atoms with van der Waals surface area (Å²) >= 11 is 8.04. The molecule has 3 amide bonds. The first-order chi connectivity index (χ1) is 15.4. The lowest BCUT2D eigenvalue weighted by Gasteiger charge is -2.32. The highest BCUT2D eigenvalue weighted by Gasteiger charge is 2.70. The van der Waals surface area contributed by atoms with E-state index in [0.717, 1.165) is 61.8 Å². The van der Waals surface area contributed by atoms with Crippen LogP contribution in [0.5, 0.6) is 0 Å². The number of hydrogen-bond acceptors (Lipinski definition) is 5. The lowest BCUT2D eigenvalue weighted by atomic mass is 9.76. The van der Waals surface area contributed by atoms with Crippen LogP contribution in [0.3, 0.4) is 0 Å². The quantitative estimate of drug-likeness (QED) is 0.511. The fraction of sp³-hybridized carbons (Fsp3) is 0.625. The van der Waals surface area contributed by atoms with Crippen molar-refractivity contribution in [1.29, 1.82) is 0 Å². The summed E-state index contributed by atoms with van der Waals surface area (Å²) in [7, 11) is 0. The second-order valence-corrected chi connectivity index (χ2v) is 11.0. The van der Waals surface area contributed by atoms with Crippen molar-refractivity contribution in [3.63, 3.8) is 0 Å². The summed E-state index contributed by atoms with van der Waals surface area (Å²) in [6, 6.07) is 3.37. The van der Waals surface area contributed by atoms with Gasteiger partial charge >= 0.3 is 0 Å². The van der Waals surface area contributed by atoms with Crippen molar-refractivity contribution in [2.75, 3.05) is 17.3 Å². The largest absolute Gasteiger partial charge is 0.324 e. The Bertz CT molecular complexity index is 977. The number of fused-ring (bicyclic) bond motifs is 4. The van der Waals surface area contributed by atoms with E-state index in [4.69, 9.17) is 11.6 Å². The van der Waals surface area contributed by atoms with Crippen molar-refractivity contribution in [2.45, 2.75) is 69.5 Å². The fourth-order valence-electron chi connectivity index (χ4n) is 6.38. The first-order valence-electron chi connectivity index (χ1n) is 11.7. The number of nitrogens with one attached hydrogen (secondary N) is 2. The lowest BCUT2D eigenvalue weighted by molar-refractivity contribution is -0.145. The Labute approximate surface area is 198 Å². The Morgan fingerprint density at radius 2 is 1.84 bits per heavy atom. The molecule has 32 heavy (non-hydrogen) atoms. The van der Waals surface area contributed by atoms with Crippen LogP contribution in [-0.4, -0.2) is 46.7 Å². The van der Waals surface area contributed by atoms with E-state index in [0.29, 0.717) is 10.7 Å². The maximum Gasteiger partial charge on any atom is 0.250 e. The van der Waals surface area contributed by atoms with Crippen molar-refractivity contribution in [2.24, 2.45) is 11.8 Å². The molecule has 3 heterocycles. The van der Waals surface area contributed by atoms with E-state index < -0.39 is 17.4 Å². The molecule has 4 atom stereocenters. The molecule has 0 bridgehead atoms. The van der Waals surface area contributed by atoms with E-state index in [1.165, 1.54) is 0 Å². The van der Waals surface area contributed by atoms with Crippen LogP contribution in [-0.2, 0) is 19.9 Å². The number of rotatable bonds is 4. The molecule has 2 N–H and O–H groups in total. The van der Waals surface area contributed by atoms with Crippen LogP contribution in [0, 0.1) is 18.8 Å². The second kappa shape index (κ2) is 8.33. The van der Waals surface area contributed by atoms with Gasteiger partial charge in [-0.25, -0.2) is 0 Å². The standard InChI is InChI=1S/C24H30ClN3O3S/c1-13-16(25)10-9-15-20(13)26-23(31)24(15)19-18(17(27-24)11-12-32-2)21(29)28(22(19)30)14-7-5-3-4-6-8-14/h9-10,14,17-19,27H,3-8,11-12H2,1-2H3,(H,26,31)/t17-,18-,19+,24+/m1/s1. The average molecular weight is 476 g/mol. The van der Waals surface area contributed by atoms with E-state index >= 15 is 0 Å². The van der Waals surface area contributed by atoms with E-state index in [9.17, 15) is 14.4 Å². The van der Waals surface area contributed by atoms with Gasteiger partial charge in [0.15, 0.2) is 0 Å². The third-order valence-corrected chi connectivity index (χ3v) is 8.99. The number of carbonyl (C=O) groups is 3. The summed E-state index contributed by atoms with van der Waals surface area (Å²) in [6.45, 7) is 1.87. The van der Waals surface area contributed by atoms with Crippen molar-refractivity contribution in [3.05, 3.63) is 28.3 Å². The molecular formula is C24H30ClN3O3S. The second-order valence-electron chi connectivity index (χ2n) is 9.58. The normalized spacial score (nSPS) is 32.4. The number of nitrogens with zero attached hydrogens (tertiary/aromatic N) is 1. The zero-order chi connectivity index (χ0) is 22.6. The van der Waals surface area contributed by atoms with Crippen molar-refractivity contribution in [3.8, 4) is 0 Å². The number of thioether (sulfide) groups is 1. The van der Waals surface area contributed by atoms with E-state index in [2.05, 4.69) is 10.6 Å². The van der Waals surface area contributed by atoms with Crippen LogP contribution in [0.1, 0.15) is 56.1 Å². The van der Waals surface area contributed by atoms with Gasteiger partial charge < -0.3 is 5.32 Å². The summed E-state index contributed by atoms with van der Waals surface area (Å²) in [6.07, 6.45) is 8.87. The van der Waals surface area contributed by atoms with Crippen LogP contribution >= 0.6 is 23.4 Å². The minimum absolute atomic E-state index is 0.0442. The van der Waals surface area contributed by atoms with Gasteiger partial charge in [-0.1, -0.05) is 43.4 Å². The van der Waals surface area contributed by atoms with Gasteiger partial charge in [-0.2, -0.15) is 11.8 Å². The minimum atomic E-state index is -1.22. The summed E-state index contributed by atoms with van der Waals surface area (Å²) in [5.74, 6) is -0.882. The molecule has 1 spiro atoms. The van der Waals surface area contributed by atoms with Crippen LogP contribution < -0.4 is 10.6 Å². The van der Waals surface area contributed by atoms with E-state index in [-0.39, 0.29) is 29.8 Å². The molecule has 0 aromatic heterocycles. The van der Waals surface area contributed by atoms with Gasteiger partial charge in [0.25, 0.3) is 0 Å². The Hall–Kier alpha value is -1.57. The molecule has 1 aliphatic carbocycles. The Morgan fingerprint density at radius 1 is 1.12 bits per heavy atom. The number of imide groups is 1. The van der Waals surface area contributed by atoms with Gasteiger partial charge in [-0.05, 0) is 49.8 Å². The van der Waals surface area contributed by atoms with Crippen molar-refractivity contribution >= 4 is 46.8 Å². The van der Waals surface area contributed by atoms with Crippen LogP contribution in [0.4, 0.5) is 5.69 Å². The summed E-state index contributed by atoms with van der Waals surface area (Å²) in [4.78, 5) is 42.8. The Kier molecular flexibility index (Phi) is 5.79. The summed E-state index contributed by atoms with van der Waals surface area (Å²) < 4.78 is 0. The number of likely N-dealkylation sites (tertiary alicyclic amines) is 1. The highest BCUT2D eigenvalue weighted by atomic mass is 35.5. The molecule has 3 aliphatic heterocycles. The number of hydrogen-bond donors (Lipinski definition) is 2. The molecule has 5 rings (SSSR count). The highest BCUT2D eigenvalue weighted by molar-refractivity contribution is 7.98. The topological polar surface area (TPSA) is 78.5 Å². The van der Waals surface area contributed by atoms with Gasteiger partial charge in [0.05, 0.1) is 17.5 Å². The molecule has 3 fully saturated rings. The first-order valence-corrected chi connectivity index (χ1v) is 13.4. The molecule has 1 saturated carbocycles. The maximum absolute atomic E-state index is 14.0. The number of halogens is 1. The fourth-order valence-corrected chi connectivity index (χ4v) is 7.03. The zero-order valence-corrected chi connectivity index (χ0v) is 20.2. The van der Waals surface area contributed by atoms with E-state index in [1.54, 1.807) is 22.7 Å². The Balaban J connectivity index is 1.61. The minimum Gasteiger partial charge on any atom is -0.324 e. The molecule has 6 nitrogen and oxygen atoms in total. The number of anilines is 1. The average Bonchev–Trinajstić information content (AvgIpc) is 3.24. The van der Waals surface area contributed by atoms with Gasteiger partial charge in [-0.15, -0.1) is 0 Å². The number of carbonyl (C=O) groups excluding carboxylic acids is 3. The molecular weight excluding hydrogens is 446 g/mol. The highest BCUT2D eigenvalue weighted by Crippen LogP contribution is 2.55. The molecule has 0 radical (unpaired) electrons. The maximum atomic E-state index is 14.0. The lowest BCUT2D eigenvalue weighted by Crippen LogP contribution is -2.54. The van der Waals surface area contributed by atoms with Crippen LogP contribution in [0.15, 0.2) is 12.1 Å². The summed E-state index contributed by atoms with van der Waals surface area (Å²) in [5.41, 5.74) is 0.991. The smallest absolute Gasteiger partial charge is 0.250 e. The van der Waals surface area contributed by atoms with Crippen LogP contribution in [0.25, 0.3) is 0 Å². The SMILES string of the molecule is CSCC[C@H]1N[C@]2(C(=O)Nc3c2ccc(Cl)c3C)[C@@H]2C(=O)N(C3CCCCCC3)C(=O)[C@@H]21. The van der Waals surface area contributed by atoms with E-state index in [1.807, 2.05) is 19.2 Å². The van der Waals surface area contributed by atoms with Crippen LogP contribution in [0.2, 0.25) is 5.02 Å². The van der Waals surface area contributed by atoms with Crippen molar-refractivity contribution in [1.82, 2.24) is 10.2 Å². The number of benzene rings is 1. The zero-order valence-electron chi connectivity index (χ0n) is 18.6. The van der Waals surface area contributed by atoms with Gasteiger partial charge in [0.2, 0.25) is 17.7 Å². The molecule has 2 saturated heterocycles. The molecule has 0 unspecified atom stereocenters. The third-order valence-electron chi connectivity index (χ3n) is 7.94. The molecule has 4 aliphatic rings. The molecule has 1 aromatic carbocycles. The van der Waals surface area contributed by atoms with Gasteiger partial charge in [0, 0.05) is 22.7 Å². The predicted molar refractivity (Wildman–Crippen MR) is 127 cm³/mol. The number of amides is 3.